The number of nitrogens with zero attached hydrogens (tertiary/aromatic N) is 2. The first kappa shape index (κ1) is 13.7. The van der Waals surface area contributed by atoms with Gasteiger partial charge < -0.3 is 5.32 Å². The van der Waals surface area contributed by atoms with Gasteiger partial charge in [-0.3, -0.25) is 4.98 Å². The van der Waals surface area contributed by atoms with Gasteiger partial charge >= 0.3 is 0 Å². The number of hydrogen-bond acceptors (Lipinski definition) is 3. The van der Waals surface area contributed by atoms with Gasteiger partial charge in [0.05, 0.1) is 11.2 Å². The summed E-state index contributed by atoms with van der Waals surface area (Å²) in [6.45, 7) is 1.66. The van der Waals surface area contributed by atoms with E-state index in [1.54, 1.807) is 19.1 Å². The molecule has 0 aliphatic heterocycles. The van der Waals surface area contributed by atoms with Gasteiger partial charge in [0.25, 0.3) is 0 Å². The second-order valence-corrected chi connectivity index (χ2v) is 5.03. The van der Waals surface area contributed by atoms with Crippen LogP contribution in [0.25, 0.3) is 10.9 Å². The minimum Gasteiger partial charge on any atom is -0.338 e. The second kappa shape index (κ2) is 5.26. The fourth-order valence-electron chi connectivity index (χ4n) is 2.01. The van der Waals surface area contributed by atoms with Crippen molar-refractivity contribution in [3.63, 3.8) is 0 Å². The van der Waals surface area contributed by atoms with E-state index in [1.807, 2.05) is 0 Å². The zero-order chi connectivity index (χ0) is 15.0. The molecule has 1 N–H and O–H groups in total. The van der Waals surface area contributed by atoms with Crippen molar-refractivity contribution in [2.75, 3.05) is 5.32 Å². The molecule has 6 heteroatoms. The molecule has 1 aromatic carbocycles. The van der Waals surface area contributed by atoms with Crippen LogP contribution in [0.15, 0.2) is 36.7 Å². The zero-order valence-corrected chi connectivity index (χ0v) is 11.7. The molecule has 2 heterocycles. The van der Waals surface area contributed by atoms with E-state index < -0.39 is 5.82 Å². The van der Waals surface area contributed by atoms with Gasteiger partial charge in [0.15, 0.2) is 11.6 Å². The predicted octanol–water partition coefficient (Wildman–Crippen LogP) is 4.61. The van der Waals surface area contributed by atoms with Gasteiger partial charge in [0, 0.05) is 17.3 Å². The van der Waals surface area contributed by atoms with Crippen LogP contribution in [0, 0.1) is 18.6 Å². The molecule has 0 atom stereocenters. The lowest BCUT2D eigenvalue weighted by atomic mass is 10.2. The van der Waals surface area contributed by atoms with Gasteiger partial charge in [-0.25, -0.2) is 13.8 Å². The lowest BCUT2D eigenvalue weighted by molar-refractivity contribution is 0.619. The van der Waals surface area contributed by atoms with Crippen LogP contribution in [-0.4, -0.2) is 9.97 Å². The molecular formula is C15H10ClF2N3. The van der Waals surface area contributed by atoms with Crippen molar-refractivity contribution >= 4 is 34.0 Å². The SMILES string of the molecule is Cc1cc(Nc2ncc(F)c3cc(Cl)cnc23)ccc1F. The number of rotatable bonds is 2. The van der Waals surface area contributed by atoms with Crippen molar-refractivity contribution in [2.45, 2.75) is 6.92 Å². The average Bonchev–Trinajstić information content (AvgIpc) is 2.46. The summed E-state index contributed by atoms with van der Waals surface area (Å²) < 4.78 is 27.0. The number of aryl methyl sites for hydroxylation is 1. The molecule has 0 unspecified atom stereocenters. The molecule has 0 fully saturated rings. The van der Waals surface area contributed by atoms with Crippen molar-refractivity contribution in [1.82, 2.24) is 9.97 Å². The predicted molar refractivity (Wildman–Crippen MR) is 78.9 cm³/mol. The smallest absolute Gasteiger partial charge is 0.157 e. The summed E-state index contributed by atoms with van der Waals surface area (Å²) >= 11 is 5.83. The number of hydrogen-bond donors (Lipinski definition) is 1. The molecule has 0 amide bonds. The summed E-state index contributed by atoms with van der Waals surface area (Å²) in [6, 6.07) is 6.06. The lowest BCUT2D eigenvalue weighted by Crippen LogP contribution is -1.98. The number of fused-ring (bicyclic) bond motifs is 1. The number of anilines is 2. The molecule has 3 nitrogen and oxygen atoms in total. The molecule has 0 aliphatic carbocycles. The zero-order valence-electron chi connectivity index (χ0n) is 11.0. The van der Waals surface area contributed by atoms with Crippen LogP contribution in [0.3, 0.4) is 0 Å². The average molecular weight is 306 g/mol. The van der Waals surface area contributed by atoms with E-state index in [2.05, 4.69) is 15.3 Å². The van der Waals surface area contributed by atoms with Crippen molar-refractivity contribution < 1.29 is 8.78 Å². The van der Waals surface area contributed by atoms with Crippen LogP contribution in [0.4, 0.5) is 20.3 Å². The molecule has 21 heavy (non-hydrogen) atoms. The molecule has 3 aromatic rings. The fourth-order valence-corrected chi connectivity index (χ4v) is 2.17. The van der Waals surface area contributed by atoms with Gasteiger partial charge in [0.2, 0.25) is 0 Å². The minimum absolute atomic E-state index is 0.277. The Balaban J connectivity index is 2.08. The van der Waals surface area contributed by atoms with Crippen molar-refractivity contribution in [2.24, 2.45) is 0 Å². The summed E-state index contributed by atoms with van der Waals surface area (Å²) in [5.41, 5.74) is 1.51. The summed E-state index contributed by atoms with van der Waals surface area (Å²) in [4.78, 5) is 8.10. The molecule has 0 saturated heterocycles. The molecule has 0 saturated carbocycles. The van der Waals surface area contributed by atoms with E-state index >= 15 is 0 Å². The topological polar surface area (TPSA) is 37.8 Å². The third-order valence-electron chi connectivity index (χ3n) is 3.06. The number of nitrogens with one attached hydrogen (secondary N) is 1. The summed E-state index contributed by atoms with van der Waals surface area (Å²) in [7, 11) is 0. The number of pyridine rings is 2. The summed E-state index contributed by atoms with van der Waals surface area (Å²) in [5, 5.41) is 3.63. The molecule has 0 spiro atoms. The Labute approximate surface area is 124 Å². The fraction of sp³-hybridized carbons (Fsp3) is 0.0667. The molecule has 3 rings (SSSR count). The highest BCUT2D eigenvalue weighted by Crippen LogP contribution is 2.27. The highest BCUT2D eigenvalue weighted by molar-refractivity contribution is 6.31. The molecule has 2 aromatic heterocycles. The normalized spacial score (nSPS) is 10.9. The first-order valence-electron chi connectivity index (χ1n) is 6.17. The summed E-state index contributed by atoms with van der Waals surface area (Å²) in [5.74, 6) is -0.405. The maximum Gasteiger partial charge on any atom is 0.157 e. The maximum atomic E-state index is 13.8. The van der Waals surface area contributed by atoms with Crippen LogP contribution in [-0.2, 0) is 0 Å². The molecule has 0 bridgehead atoms. The Morgan fingerprint density at radius 2 is 1.86 bits per heavy atom. The minimum atomic E-state index is -0.499. The van der Waals surface area contributed by atoms with Gasteiger partial charge in [-0.2, -0.15) is 0 Å². The van der Waals surface area contributed by atoms with E-state index in [4.69, 9.17) is 11.6 Å². The van der Waals surface area contributed by atoms with Gasteiger partial charge in [-0.05, 0) is 36.8 Å². The molecule has 0 aliphatic rings. The first-order valence-corrected chi connectivity index (χ1v) is 6.55. The van der Waals surface area contributed by atoms with Crippen LogP contribution in [0.5, 0.6) is 0 Å². The Bertz CT molecular complexity index is 837. The monoisotopic (exact) mass is 305 g/mol. The van der Waals surface area contributed by atoms with E-state index in [9.17, 15) is 8.78 Å². The standard InChI is InChI=1S/C15H10ClF2N3/c1-8-4-10(2-3-12(8)17)21-15-14-11(13(18)7-20-15)5-9(16)6-19-14/h2-7H,1H3,(H,20,21). The highest BCUT2D eigenvalue weighted by atomic mass is 35.5. The molecule has 106 valence electrons. The Morgan fingerprint density at radius 3 is 2.62 bits per heavy atom. The number of halogens is 3. The maximum absolute atomic E-state index is 13.8. The van der Waals surface area contributed by atoms with E-state index in [0.717, 1.165) is 6.20 Å². The number of benzene rings is 1. The van der Waals surface area contributed by atoms with Crippen LogP contribution >= 0.6 is 11.6 Å². The van der Waals surface area contributed by atoms with E-state index in [1.165, 1.54) is 18.3 Å². The van der Waals surface area contributed by atoms with Gasteiger partial charge in [-0.1, -0.05) is 11.6 Å². The Kier molecular flexibility index (Phi) is 3.43. The van der Waals surface area contributed by atoms with Crippen LogP contribution in [0.2, 0.25) is 5.02 Å². The van der Waals surface area contributed by atoms with Crippen molar-refractivity contribution in [1.29, 1.82) is 0 Å². The largest absolute Gasteiger partial charge is 0.338 e. The first-order chi connectivity index (χ1) is 10.0. The third kappa shape index (κ3) is 2.64. The highest BCUT2D eigenvalue weighted by Gasteiger charge is 2.10. The summed E-state index contributed by atoms with van der Waals surface area (Å²) in [6.07, 6.45) is 2.52. The third-order valence-corrected chi connectivity index (χ3v) is 3.27. The lowest BCUT2D eigenvalue weighted by Gasteiger charge is -2.09. The quantitative estimate of drug-likeness (QED) is 0.751. The van der Waals surface area contributed by atoms with Crippen LogP contribution < -0.4 is 5.32 Å². The van der Waals surface area contributed by atoms with E-state index in [0.29, 0.717) is 27.6 Å². The Morgan fingerprint density at radius 1 is 1.05 bits per heavy atom. The van der Waals surface area contributed by atoms with Gasteiger partial charge in [-0.15, -0.1) is 0 Å². The van der Waals surface area contributed by atoms with Crippen molar-refractivity contribution in [3.8, 4) is 0 Å². The molecule has 0 radical (unpaired) electrons. The molecular weight excluding hydrogens is 296 g/mol. The second-order valence-electron chi connectivity index (χ2n) is 4.59. The van der Waals surface area contributed by atoms with Crippen molar-refractivity contribution in [3.05, 3.63) is 58.9 Å². The van der Waals surface area contributed by atoms with E-state index in [-0.39, 0.29) is 11.2 Å². The Hall–Kier alpha value is -2.27. The number of aromatic nitrogens is 2. The van der Waals surface area contributed by atoms with Gasteiger partial charge in [0.1, 0.15) is 11.3 Å². The van der Waals surface area contributed by atoms with Crippen LogP contribution in [0.1, 0.15) is 5.56 Å².